The molecule has 30 heavy (non-hydrogen) atoms. The first-order chi connectivity index (χ1) is 14.5. The Hall–Kier alpha value is -3.86. The van der Waals surface area contributed by atoms with E-state index in [2.05, 4.69) is 5.32 Å². The number of anilines is 2. The van der Waals surface area contributed by atoms with E-state index in [0.717, 1.165) is 11.1 Å². The molecule has 150 valence electrons. The second kappa shape index (κ2) is 7.87. The van der Waals surface area contributed by atoms with Crippen molar-refractivity contribution in [3.8, 4) is 5.75 Å². The van der Waals surface area contributed by atoms with Crippen LogP contribution >= 0.6 is 0 Å². The van der Waals surface area contributed by atoms with Gasteiger partial charge in [0.15, 0.2) is 0 Å². The zero-order chi connectivity index (χ0) is 21.3. The lowest BCUT2D eigenvalue weighted by Gasteiger charge is -2.18. The second-order valence-corrected chi connectivity index (χ2v) is 7.18. The first-order valence-corrected chi connectivity index (χ1v) is 9.67. The Balaban J connectivity index is 1.86. The fraction of sp³-hybridized carbons (Fsp3) is 0.120. The van der Waals surface area contributed by atoms with Gasteiger partial charge >= 0.3 is 0 Å². The van der Waals surface area contributed by atoms with Crippen molar-refractivity contribution in [2.24, 2.45) is 0 Å². The average Bonchev–Trinajstić information content (AvgIpc) is 3.00. The molecule has 0 saturated heterocycles. The first kappa shape index (κ1) is 19.5. The van der Waals surface area contributed by atoms with E-state index in [0.29, 0.717) is 28.3 Å². The molecule has 3 aromatic rings. The summed E-state index contributed by atoms with van der Waals surface area (Å²) in [7, 11) is 1.57. The highest BCUT2D eigenvalue weighted by atomic mass is 16.5. The number of ether oxygens (including phenoxy) is 1. The van der Waals surface area contributed by atoms with E-state index in [4.69, 9.17) is 4.74 Å². The van der Waals surface area contributed by atoms with Crippen molar-refractivity contribution in [2.45, 2.75) is 13.8 Å². The minimum Gasteiger partial charge on any atom is -0.495 e. The number of rotatable bonds is 5. The van der Waals surface area contributed by atoms with Gasteiger partial charge in [-0.3, -0.25) is 9.59 Å². The van der Waals surface area contributed by atoms with Crippen molar-refractivity contribution in [1.82, 2.24) is 0 Å². The molecule has 1 aliphatic heterocycles. The third-order valence-electron chi connectivity index (χ3n) is 5.12. The third-order valence-corrected chi connectivity index (χ3v) is 5.12. The average molecular weight is 398 g/mol. The standard InChI is InChI=1S/C25H22N2O3/c1-16-13-14-17(2)20(15-16)27-24(28)22(18-9-5-4-6-10-18)23(25(27)29)26-19-11-7-8-12-21(19)30-3/h4-15,26H,1-3H3. The highest BCUT2D eigenvalue weighted by Crippen LogP contribution is 2.36. The molecule has 5 nitrogen and oxygen atoms in total. The van der Waals surface area contributed by atoms with E-state index in [9.17, 15) is 9.59 Å². The number of methoxy groups -OCH3 is 1. The lowest BCUT2D eigenvalue weighted by molar-refractivity contribution is -0.120. The van der Waals surface area contributed by atoms with Crippen molar-refractivity contribution in [2.75, 3.05) is 17.3 Å². The van der Waals surface area contributed by atoms with Crippen LogP contribution in [0, 0.1) is 13.8 Å². The van der Waals surface area contributed by atoms with Gasteiger partial charge in [0, 0.05) is 0 Å². The molecule has 1 N–H and O–H groups in total. The first-order valence-electron chi connectivity index (χ1n) is 9.67. The molecule has 2 amide bonds. The Kier molecular flexibility index (Phi) is 5.11. The summed E-state index contributed by atoms with van der Waals surface area (Å²) in [4.78, 5) is 28.3. The van der Waals surface area contributed by atoms with Crippen LogP contribution in [0.1, 0.15) is 16.7 Å². The third kappa shape index (κ3) is 3.35. The molecule has 0 aromatic heterocycles. The molecule has 0 aliphatic carbocycles. The number of nitrogens with one attached hydrogen (secondary N) is 1. The second-order valence-electron chi connectivity index (χ2n) is 7.18. The summed E-state index contributed by atoms with van der Waals surface area (Å²) in [6.07, 6.45) is 0. The normalized spacial score (nSPS) is 13.8. The Morgan fingerprint density at radius 2 is 1.53 bits per heavy atom. The molecule has 0 saturated carbocycles. The van der Waals surface area contributed by atoms with Crippen LogP contribution in [0.4, 0.5) is 11.4 Å². The van der Waals surface area contributed by atoms with E-state index in [-0.39, 0.29) is 11.6 Å². The number of imide groups is 1. The molecule has 1 heterocycles. The minimum absolute atomic E-state index is 0.233. The fourth-order valence-electron chi connectivity index (χ4n) is 3.58. The molecule has 5 heteroatoms. The van der Waals surface area contributed by atoms with E-state index in [1.165, 1.54) is 4.90 Å². The molecule has 0 unspecified atom stereocenters. The van der Waals surface area contributed by atoms with Crippen molar-refractivity contribution >= 4 is 28.8 Å². The van der Waals surface area contributed by atoms with Gasteiger partial charge in [-0.05, 0) is 48.7 Å². The topological polar surface area (TPSA) is 58.6 Å². The number of carbonyl (C=O) groups excluding carboxylic acids is 2. The van der Waals surface area contributed by atoms with E-state index >= 15 is 0 Å². The number of carbonyl (C=O) groups is 2. The molecular weight excluding hydrogens is 376 g/mol. The van der Waals surface area contributed by atoms with Gasteiger partial charge < -0.3 is 10.1 Å². The number of nitrogens with zero attached hydrogens (tertiary/aromatic N) is 1. The number of hydrogen-bond donors (Lipinski definition) is 1. The number of amides is 2. The Morgan fingerprint density at radius 1 is 0.833 bits per heavy atom. The zero-order valence-electron chi connectivity index (χ0n) is 17.1. The number of aryl methyl sites for hydroxylation is 2. The van der Waals surface area contributed by atoms with Crippen molar-refractivity contribution in [3.05, 3.63) is 95.2 Å². The zero-order valence-corrected chi connectivity index (χ0v) is 17.1. The minimum atomic E-state index is -0.390. The molecule has 0 atom stereocenters. The van der Waals surface area contributed by atoms with Crippen LogP contribution in [0.5, 0.6) is 5.75 Å². The molecule has 4 rings (SSSR count). The van der Waals surface area contributed by atoms with Gasteiger partial charge in [-0.2, -0.15) is 0 Å². The van der Waals surface area contributed by atoms with Crippen molar-refractivity contribution in [3.63, 3.8) is 0 Å². The van der Waals surface area contributed by atoms with Crippen molar-refractivity contribution < 1.29 is 14.3 Å². The summed E-state index contributed by atoms with van der Waals surface area (Å²) in [5.41, 5.74) is 4.30. The van der Waals surface area contributed by atoms with Gasteiger partial charge in [-0.25, -0.2) is 4.90 Å². The number of hydrogen-bond acceptors (Lipinski definition) is 4. The SMILES string of the molecule is COc1ccccc1NC1=C(c2ccccc2)C(=O)N(c2cc(C)ccc2C)C1=O. The quantitative estimate of drug-likeness (QED) is 0.633. The van der Waals surface area contributed by atoms with Gasteiger partial charge in [0.2, 0.25) is 0 Å². The largest absolute Gasteiger partial charge is 0.495 e. The smallest absolute Gasteiger partial charge is 0.282 e. The molecule has 0 radical (unpaired) electrons. The maximum atomic E-state index is 13.5. The summed E-state index contributed by atoms with van der Waals surface area (Å²) < 4.78 is 5.41. The molecule has 3 aromatic carbocycles. The monoisotopic (exact) mass is 398 g/mol. The Bertz CT molecular complexity index is 1170. The van der Waals surface area contributed by atoms with Gasteiger partial charge in [0.05, 0.1) is 24.1 Å². The van der Waals surface area contributed by atoms with E-state index < -0.39 is 5.91 Å². The summed E-state index contributed by atoms with van der Waals surface area (Å²) >= 11 is 0. The number of para-hydroxylation sites is 2. The fourth-order valence-corrected chi connectivity index (χ4v) is 3.58. The highest BCUT2D eigenvalue weighted by Gasteiger charge is 2.41. The van der Waals surface area contributed by atoms with Crippen molar-refractivity contribution in [1.29, 1.82) is 0 Å². The summed E-state index contributed by atoms with van der Waals surface area (Å²) in [5, 5.41) is 3.17. The van der Waals surface area contributed by atoms with Gasteiger partial charge in [0.1, 0.15) is 11.4 Å². The van der Waals surface area contributed by atoms with Crippen LogP contribution in [0.15, 0.2) is 78.5 Å². The Morgan fingerprint density at radius 3 is 2.27 bits per heavy atom. The van der Waals surface area contributed by atoms with Crippen LogP contribution in [0.3, 0.4) is 0 Å². The van der Waals surface area contributed by atoms with Crippen LogP contribution in [0.2, 0.25) is 0 Å². The molecule has 0 fully saturated rings. The molecule has 0 bridgehead atoms. The predicted molar refractivity (Wildman–Crippen MR) is 118 cm³/mol. The molecular formula is C25H22N2O3. The van der Waals surface area contributed by atoms with Crippen LogP contribution in [-0.4, -0.2) is 18.9 Å². The van der Waals surface area contributed by atoms with E-state index in [1.807, 2.05) is 80.6 Å². The lowest BCUT2D eigenvalue weighted by Crippen LogP contribution is -2.33. The summed E-state index contributed by atoms with van der Waals surface area (Å²) in [6.45, 7) is 3.83. The van der Waals surface area contributed by atoms with Gasteiger partial charge in [0.25, 0.3) is 11.8 Å². The Labute approximate surface area is 175 Å². The number of benzene rings is 3. The van der Waals surface area contributed by atoms with E-state index in [1.54, 1.807) is 13.2 Å². The molecule has 0 spiro atoms. The summed E-state index contributed by atoms with van der Waals surface area (Å²) in [5.74, 6) is -0.154. The predicted octanol–water partition coefficient (Wildman–Crippen LogP) is 4.71. The maximum absolute atomic E-state index is 13.5. The summed E-state index contributed by atoms with van der Waals surface area (Å²) in [6, 6.07) is 22.3. The highest BCUT2D eigenvalue weighted by molar-refractivity contribution is 6.46. The van der Waals surface area contributed by atoms with Gasteiger partial charge in [-0.15, -0.1) is 0 Å². The van der Waals surface area contributed by atoms with Crippen LogP contribution < -0.4 is 15.0 Å². The van der Waals surface area contributed by atoms with Gasteiger partial charge in [-0.1, -0.05) is 54.6 Å². The van der Waals surface area contributed by atoms with Crippen LogP contribution in [0.25, 0.3) is 5.57 Å². The molecule has 1 aliphatic rings. The van der Waals surface area contributed by atoms with Crippen LogP contribution in [-0.2, 0) is 9.59 Å². The maximum Gasteiger partial charge on any atom is 0.282 e. The lowest BCUT2D eigenvalue weighted by atomic mass is 10.0.